The standard InChI is InChI=1S/C20H23FN2O2/c1-14-8-9-16(12-18(14)21)22-20(24)13-23-10-4-7-19(23)15-5-3-6-17(11-15)25-2/h3,5-6,8-9,11-12,19H,4,7,10,13H2,1-2H3,(H,22,24)/t19-/m1/s1. The number of hydrogen-bond acceptors (Lipinski definition) is 3. The van der Waals surface area contributed by atoms with Crippen molar-refractivity contribution in [3.05, 3.63) is 59.4 Å². The zero-order valence-corrected chi connectivity index (χ0v) is 14.6. The van der Waals surface area contributed by atoms with Crippen molar-refractivity contribution in [2.24, 2.45) is 0 Å². The van der Waals surface area contributed by atoms with Crippen LogP contribution in [0, 0.1) is 12.7 Å². The smallest absolute Gasteiger partial charge is 0.238 e. The molecule has 5 heteroatoms. The van der Waals surface area contributed by atoms with E-state index >= 15 is 0 Å². The zero-order valence-electron chi connectivity index (χ0n) is 14.6. The molecule has 0 unspecified atom stereocenters. The van der Waals surface area contributed by atoms with Gasteiger partial charge in [-0.15, -0.1) is 0 Å². The van der Waals surface area contributed by atoms with Crippen LogP contribution in [-0.2, 0) is 4.79 Å². The Balaban J connectivity index is 1.66. The Hall–Kier alpha value is -2.40. The minimum absolute atomic E-state index is 0.127. The molecule has 1 fully saturated rings. The first kappa shape index (κ1) is 17.4. The molecule has 2 aromatic rings. The average molecular weight is 342 g/mol. The Morgan fingerprint density at radius 1 is 1.32 bits per heavy atom. The number of methoxy groups -OCH3 is 1. The van der Waals surface area contributed by atoms with Crippen molar-refractivity contribution in [1.29, 1.82) is 0 Å². The number of amides is 1. The fourth-order valence-corrected chi connectivity index (χ4v) is 3.30. The van der Waals surface area contributed by atoms with Gasteiger partial charge in [-0.25, -0.2) is 4.39 Å². The molecule has 1 aliphatic heterocycles. The lowest BCUT2D eigenvalue weighted by molar-refractivity contribution is -0.117. The average Bonchev–Trinajstić information content (AvgIpc) is 3.06. The molecule has 0 aliphatic carbocycles. The first-order valence-corrected chi connectivity index (χ1v) is 8.51. The topological polar surface area (TPSA) is 41.6 Å². The van der Waals surface area contributed by atoms with Gasteiger partial charge in [0.2, 0.25) is 5.91 Å². The molecule has 1 atom stereocenters. The Morgan fingerprint density at radius 3 is 2.92 bits per heavy atom. The van der Waals surface area contributed by atoms with E-state index in [9.17, 15) is 9.18 Å². The number of likely N-dealkylation sites (tertiary alicyclic amines) is 1. The van der Waals surface area contributed by atoms with Crippen molar-refractivity contribution >= 4 is 11.6 Å². The van der Waals surface area contributed by atoms with Crippen LogP contribution in [0.2, 0.25) is 0 Å². The van der Waals surface area contributed by atoms with Gasteiger partial charge in [0, 0.05) is 11.7 Å². The minimum Gasteiger partial charge on any atom is -0.497 e. The lowest BCUT2D eigenvalue weighted by atomic mass is 10.0. The second-order valence-electron chi connectivity index (χ2n) is 6.42. The highest BCUT2D eigenvalue weighted by Gasteiger charge is 2.27. The Morgan fingerprint density at radius 2 is 2.16 bits per heavy atom. The van der Waals surface area contributed by atoms with E-state index < -0.39 is 0 Å². The zero-order chi connectivity index (χ0) is 17.8. The summed E-state index contributed by atoms with van der Waals surface area (Å²) in [5.41, 5.74) is 2.21. The number of halogens is 1. The van der Waals surface area contributed by atoms with E-state index in [-0.39, 0.29) is 24.3 Å². The maximum atomic E-state index is 13.6. The summed E-state index contributed by atoms with van der Waals surface area (Å²) in [6.07, 6.45) is 2.06. The second-order valence-corrected chi connectivity index (χ2v) is 6.42. The molecule has 0 saturated carbocycles. The molecule has 2 aromatic carbocycles. The molecule has 1 saturated heterocycles. The van der Waals surface area contributed by atoms with Crippen LogP contribution in [0.3, 0.4) is 0 Å². The quantitative estimate of drug-likeness (QED) is 0.895. The van der Waals surface area contributed by atoms with Gasteiger partial charge in [0.1, 0.15) is 11.6 Å². The summed E-state index contributed by atoms with van der Waals surface area (Å²) >= 11 is 0. The molecule has 25 heavy (non-hydrogen) atoms. The van der Waals surface area contributed by atoms with E-state index in [0.717, 1.165) is 30.7 Å². The fourth-order valence-electron chi connectivity index (χ4n) is 3.30. The van der Waals surface area contributed by atoms with Crippen LogP contribution >= 0.6 is 0 Å². The SMILES string of the molecule is COc1cccc([C@H]2CCCN2CC(=O)Nc2ccc(C)c(F)c2)c1. The van der Waals surface area contributed by atoms with Crippen LogP contribution in [0.15, 0.2) is 42.5 Å². The molecule has 4 nitrogen and oxygen atoms in total. The Bertz CT molecular complexity index is 763. The Labute approximate surface area is 147 Å². The van der Waals surface area contributed by atoms with Crippen molar-refractivity contribution in [3.63, 3.8) is 0 Å². The van der Waals surface area contributed by atoms with E-state index in [2.05, 4.69) is 16.3 Å². The third kappa shape index (κ3) is 4.17. The monoisotopic (exact) mass is 342 g/mol. The molecule has 0 aromatic heterocycles. The second kappa shape index (κ2) is 7.66. The molecule has 3 rings (SSSR count). The first-order chi connectivity index (χ1) is 12.1. The van der Waals surface area contributed by atoms with Crippen molar-refractivity contribution in [2.45, 2.75) is 25.8 Å². The highest BCUT2D eigenvalue weighted by Crippen LogP contribution is 2.33. The summed E-state index contributed by atoms with van der Waals surface area (Å²) in [5.74, 6) is 0.384. The summed E-state index contributed by atoms with van der Waals surface area (Å²) in [6.45, 7) is 2.86. The van der Waals surface area contributed by atoms with E-state index in [4.69, 9.17) is 4.74 Å². The predicted molar refractivity (Wildman–Crippen MR) is 96.3 cm³/mol. The molecule has 0 bridgehead atoms. The number of anilines is 1. The number of aryl methyl sites for hydroxylation is 1. The number of rotatable bonds is 5. The molecule has 132 valence electrons. The van der Waals surface area contributed by atoms with Crippen LogP contribution in [0.25, 0.3) is 0 Å². The fraction of sp³-hybridized carbons (Fsp3) is 0.350. The third-order valence-corrected chi connectivity index (χ3v) is 4.64. The van der Waals surface area contributed by atoms with Gasteiger partial charge in [-0.3, -0.25) is 9.69 Å². The van der Waals surface area contributed by atoms with Gasteiger partial charge in [-0.05, 0) is 61.7 Å². The predicted octanol–water partition coefficient (Wildman–Crippen LogP) is 3.92. The van der Waals surface area contributed by atoms with E-state index in [1.165, 1.54) is 6.07 Å². The number of benzene rings is 2. The van der Waals surface area contributed by atoms with Crippen molar-refractivity contribution < 1.29 is 13.9 Å². The van der Waals surface area contributed by atoms with Gasteiger partial charge >= 0.3 is 0 Å². The molecular weight excluding hydrogens is 319 g/mol. The highest BCUT2D eigenvalue weighted by molar-refractivity contribution is 5.92. The normalized spacial score (nSPS) is 17.5. The number of nitrogens with one attached hydrogen (secondary N) is 1. The number of ether oxygens (including phenoxy) is 1. The minimum atomic E-state index is -0.312. The van der Waals surface area contributed by atoms with Crippen LogP contribution in [-0.4, -0.2) is 31.0 Å². The number of nitrogens with zero attached hydrogens (tertiary/aromatic N) is 1. The summed E-state index contributed by atoms with van der Waals surface area (Å²) < 4.78 is 18.9. The van der Waals surface area contributed by atoms with E-state index in [1.54, 1.807) is 26.2 Å². The van der Waals surface area contributed by atoms with Gasteiger partial charge in [0.05, 0.1) is 13.7 Å². The van der Waals surface area contributed by atoms with Crippen LogP contribution in [0.5, 0.6) is 5.75 Å². The van der Waals surface area contributed by atoms with Gasteiger partial charge in [0.15, 0.2) is 0 Å². The molecule has 1 N–H and O–H groups in total. The molecule has 1 heterocycles. The maximum absolute atomic E-state index is 13.6. The highest BCUT2D eigenvalue weighted by atomic mass is 19.1. The Kier molecular flexibility index (Phi) is 5.34. The molecule has 0 spiro atoms. The summed E-state index contributed by atoms with van der Waals surface area (Å²) in [5, 5.41) is 2.79. The van der Waals surface area contributed by atoms with E-state index in [1.807, 2.05) is 18.2 Å². The number of carbonyl (C=O) groups is 1. The molecule has 1 amide bonds. The van der Waals surface area contributed by atoms with Crippen molar-refractivity contribution in [2.75, 3.05) is 25.5 Å². The lowest BCUT2D eigenvalue weighted by Gasteiger charge is -2.24. The van der Waals surface area contributed by atoms with Crippen LogP contribution in [0.4, 0.5) is 10.1 Å². The van der Waals surface area contributed by atoms with Crippen LogP contribution < -0.4 is 10.1 Å². The largest absolute Gasteiger partial charge is 0.497 e. The van der Waals surface area contributed by atoms with Gasteiger partial charge < -0.3 is 10.1 Å². The van der Waals surface area contributed by atoms with E-state index in [0.29, 0.717) is 11.3 Å². The van der Waals surface area contributed by atoms with Gasteiger partial charge in [-0.2, -0.15) is 0 Å². The number of carbonyl (C=O) groups excluding carboxylic acids is 1. The summed E-state index contributed by atoms with van der Waals surface area (Å²) in [6, 6.07) is 12.9. The van der Waals surface area contributed by atoms with Gasteiger partial charge in [0.25, 0.3) is 0 Å². The summed E-state index contributed by atoms with van der Waals surface area (Å²) in [4.78, 5) is 14.5. The molecular formula is C20H23FN2O2. The first-order valence-electron chi connectivity index (χ1n) is 8.51. The maximum Gasteiger partial charge on any atom is 0.238 e. The van der Waals surface area contributed by atoms with Crippen molar-refractivity contribution in [1.82, 2.24) is 4.90 Å². The lowest BCUT2D eigenvalue weighted by Crippen LogP contribution is -2.33. The summed E-state index contributed by atoms with van der Waals surface area (Å²) in [7, 11) is 1.65. The van der Waals surface area contributed by atoms with Crippen molar-refractivity contribution in [3.8, 4) is 5.75 Å². The molecule has 0 radical (unpaired) electrons. The number of hydrogen-bond donors (Lipinski definition) is 1. The van der Waals surface area contributed by atoms with Crippen LogP contribution in [0.1, 0.15) is 30.0 Å². The third-order valence-electron chi connectivity index (χ3n) is 4.64. The molecule has 1 aliphatic rings. The van der Waals surface area contributed by atoms with Gasteiger partial charge in [-0.1, -0.05) is 18.2 Å².